The number of aromatic nitrogens is 3. The number of hydrogen-bond donors (Lipinski definition) is 0. The van der Waals surface area contributed by atoms with E-state index in [2.05, 4.69) is 224 Å². The van der Waals surface area contributed by atoms with Crippen LogP contribution in [0.5, 0.6) is 0 Å². The third-order valence-electron chi connectivity index (χ3n) is 13.0. The van der Waals surface area contributed by atoms with Gasteiger partial charge in [0.15, 0.2) is 17.5 Å². The molecular formula is C62H41N3. The van der Waals surface area contributed by atoms with Gasteiger partial charge in [0.1, 0.15) is 0 Å². The zero-order valence-electron chi connectivity index (χ0n) is 35.5. The summed E-state index contributed by atoms with van der Waals surface area (Å²) in [4.78, 5) is 15.2. The van der Waals surface area contributed by atoms with Gasteiger partial charge in [0.2, 0.25) is 0 Å². The number of rotatable bonds is 8. The van der Waals surface area contributed by atoms with Gasteiger partial charge in [-0.1, -0.05) is 243 Å². The first-order valence-electron chi connectivity index (χ1n) is 22.2. The Balaban J connectivity index is 0.914. The van der Waals surface area contributed by atoms with Crippen LogP contribution in [0.25, 0.3) is 89.4 Å². The van der Waals surface area contributed by atoms with Crippen LogP contribution in [0, 0.1) is 0 Å². The fourth-order valence-electron chi connectivity index (χ4n) is 9.92. The zero-order valence-corrected chi connectivity index (χ0v) is 35.5. The van der Waals surface area contributed by atoms with Crippen molar-refractivity contribution in [3.63, 3.8) is 0 Å². The average molecular weight is 828 g/mol. The van der Waals surface area contributed by atoms with Crippen LogP contribution in [0.2, 0.25) is 0 Å². The highest BCUT2D eigenvalue weighted by molar-refractivity contribution is 6.04. The smallest absolute Gasteiger partial charge is 0.164 e. The van der Waals surface area contributed by atoms with Gasteiger partial charge in [-0.15, -0.1) is 0 Å². The first-order chi connectivity index (χ1) is 32.2. The van der Waals surface area contributed by atoms with Crippen LogP contribution in [0.4, 0.5) is 0 Å². The molecule has 1 aliphatic carbocycles. The first kappa shape index (κ1) is 38.2. The monoisotopic (exact) mass is 827 g/mol. The van der Waals surface area contributed by atoms with E-state index in [-0.39, 0.29) is 0 Å². The van der Waals surface area contributed by atoms with Gasteiger partial charge in [-0.25, -0.2) is 15.0 Å². The molecule has 3 heteroatoms. The van der Waals surface area contributed by atoms with Gasteiger partial charge in [-0.05, 0) is 83.6 Å². The number of hydrogen-bond acceptors (Lipinski definition) is 3. The lowest BCUT2D eigenvalue weighted by molar-refractivity contribution is 0.769. The molecule has 0 amide bonds. The summed E-state index contributed by atoms with van der Waals surface area (Å²) in [5.41, 5.74) is 16.9. The summed E-state index contributed by atoms with van der Waals surface area (Å²) in [6.07, 6.45) is 0. The van der Waals surface area contributed by atoms with Crippen LogP contribution in [0.1, 0.15) is 22.3 Å². The van der Waals surface area contributed by atoms with Crippen molar-refractivity contribution in [2.75, 3.05) is 0 Å². The average Bonchev–Trinajstić information content (AvgIpc) is 3.71. The molecule has 0 saturated carbocycles. The first-order valence-corrected chi connectivity index (χ1v) is 22.2. The van der Waals surface area contributed by atoms with E-state index in [1.165, 1.54) is 55.3 Å². The SMILES string of the molecule is c1ccc(-c2ccc(-c3ccc(-c4nc(-c5ccccc5)nc(-c5cccc(-c6ccc(C7(c8ccccc8)c8ccccc8-c8c7ccc7ccccc87)cc6)c5)n4)cc3)cc2)cc1. The molecule has 1 aliphatic rings. The second-order valence-corrected chi connectivity index (χ2v) is 16.7. The van der Waals surface area contributed by atoms with Crippen molar-refractivity contribution in [3.05, 3.63) is 271 Å². The summed E-state index contributed by atoms with van der Waals surface area (Å²) in [5.74, 6) is 1.89. The molecule has 304 valence electrons. The van der Waals surface area contributed by atoms with Crippen molar-refractivity contribution >= 4 is 10.8 Å². The summed E-state index contributed by atoms with van der Waals surface area (Å²) >= 11 is 0. The maximum absolute atomic E-state index is 5.13. The lowest BCUT2D eigenvalue weighted by atomic mass is 9.67. The van der Waals surface area contributed by atoms with Crippen LogP contribution < -0.4 is 0 Å². The van der Waals surface area contributed by atoms with Gasteiger partial charge in [-0.3, -0.25) is 0 Å². The van der Waals surface area contributed by atoms with Gasteiger partial charge >= 0.3 is 0 Å². The third kappa shape index (κ3) is 6.65. The molecule has 1 heterocycles. The van der Waals surface area contributed by atoms with E-state index in [0.29, 0.717) is 17.5 Å². The van der Waals surface area contributed by atoms with Gasteiger partial charge in [-0.2, -0.15) is 0 Å². The second-order valence-electron chi connectivity index (χ2n) is 16.7. The number of fused-ring (bicyclic) bond motifs is 5. The van der Waals surface area contributed by atoms with E-state index < -0.39 is 5.41 Å². The van der Waals surface area contributed by atoms with Crippen molar-refractivity contribution in [1.82, 2.24) is 15.0 Å². The number of benzene rings is 10. The molecule has 10 aromatic carbocycles. The Labute approximate surface area is 379 Å². The van der Waals surface area contributed by atoms with Crippen LogP contribution in [0.3, 0.4) is 0 Å². The van der Waals surface area contributed by atoms with Crippen molar-refractivity contribution in [1.29, 1.82) is 0 Å². The predicted molar refractivity (Wildman–Crippen MR) is 267 cm³/mol. The zero-order chi connectivity index (χ0) is 43.2. The van der Waals surface area contributed by atoms with Crippen LogP contribution in [0.15, 0.2) is 249 Å². The standard InChI is InChI=1S/C62H41N3/c1-4-15-42(16-5-1)43-27-29-44(30-28-43)45-31-33-49(34-32-45)60-63-59(48-18-6-2-7-19-48)64-61(65-60)51-21-14-20-50(41-51)46-35-38-53(39-36-46)62(52-22-8-3-9-23-52)56-26-13-12-25-55(56)58-54-24-11-10-17-47(54)37-40-57(58)62/h1-41H. The van der Waals surface area contributed by atoms with Crippen molar-refractivity contribution in [3.8, 4) is 78.7 Å². The van der Waals surface area contributed by atoms with E-state index in [1.54, 1.807) is 0 Å². The van der Waals surface area contributed by atoms with Crippen LogP contribution >= 0.6 is 0 Å². The molecule has 12 rings (SSSR count). The highest BCUT2D eigenvalue weighted by atomic mass is 15.0. The molecule has 1 unspecified atom stereocenters. The Kier molecular flexibility index (Phi) is 9.39. The molecule has 0 aliphatic heterocycles. The minimum atomic E-state index is -0.488. The minimum Gasteiger partial charge on any atom is -0.208 e. The van der Waals surface area contributed by atoms with E-state index >= 15 is 0 Å². The molecule has 0 N–H and O–H groups in total. The molecule has 0 saturated heterocycles. The Morgan fingerprint density at radius 2 is 0.692 bits per heavy atom. The molecule has 65 heavy (non-hydrogen) atoms. The van der Waals surface area contributed by atoms with E-state index in [1.807, 2.05) is 24.3 Å². The fourth-order valence-corrected chi connectivity index (χ4v) is 9.92. The quantitative estimate of drug-likeness (QED) is 0.153. The van der Waals surface area contributed by atoms with E-state index in [9.17, 15) is 0 Å². The molecule has 0 fully saturated rings. The molecule has 1 aromatic heterocycles. The van der Waals surface area contributed by atoms with E-state index in [0.717, 1.165) is 38.9 Å². The summed E-state index contributed by atoms with van der Waals surface area (Å²) in [5, 5.41) is 2.53. The minimum absolute atomic E-state index is 0.488. The highest BCUT2D eigenvalue weighted by Crippen LogP contribution is 2.57. The van der Waals surface area contributed by atoms with Gasteiger partial charge in [0.05, 0.1) is 5.41 Å². The summed E-state index contributed by atoms with van der Waals surface area (Å²) < 4.78 is 0. The molecule has 0 radical (unpaired) electrons. The normalized spacial score (nSPS) is 13.9. The van der Waals surface area contributed by atoms with Crippen molar-refractivity contribution in [2.24, 2.45) is 0 Å². The molecule has 1 atom stereocenters. The fraction of sp³-hybridized carbons (Fsp3) is 0.0161. The van der Waals surface area contributed by atoms with Gasteiger partial charge < -0.3 is 0 Å². The molecular weight excluding hydrogens is 787 g/mol. The van der Waals surface area contributed by atoms with Crippen molar-refractivity contribution < 1.29 is 0 Å². The Hall–Kier alpha value is -8.53. The van der Waals surface area contributed by atoms with Crippen LogP contribution in [-0.2, 0) is 5.41 Å². The maximum Gasteiger partial charge on any atom is 0.164 e. The molecule has 0 bridgehead atoms. The van der Waals surface area contributed by atoms with E-state index in [4.69, 9.17) is 15.0 Å². The van der Waals surface area contributed by atoms with Crippen molar-refractivity contribution in [2.45, 2.75) is 5.41 Å². The Bertz CT molecular complexity index is 3490. The van der Waals surface area contributed by atoms with Gasteiger partial charge in [0.25, 0.3) is 0 Å². The lowest BCUT2D eigenvalue weighted by Gasteiger charge is -2.34. The predicted octanol–water partition coefficient (Wildman–Crippen LogP) is 15.4. The second kappa shape index (κ2) is 16.0. The third-order valence-corrected chi connectivity index (χ3v) is 13.0. The summed E-state index contributed by atoms with van der Waals surface area (Å²) in [6.45, 7) is 0. The summed E-state index contributed by atoms with van der Waals surface area (Å²) in [7, 11) is 0. The molecule has 3 nitrogen and oxygen atoms in total. The topological polar surface area (TPSA) is 38.7 Å². The number of nitrogens with zero attached hydrogens (tertiary/aromatic N) is 3. The Morgan fingerprint density at radius 1 is 0.262 bits per heavy atom. The molecule has 11 aromatic rings. The Morgan fingerprint density at radius 3 is 1.35 bits per heavy atom. The summed E-state index contributed by atoms with van der Waals surface area (Å²) in [6, 6.07) is 89.0. The highest BCUT2D eigenvalue weighted by Gasteiger charge is 2.46. The molecule has 0 spiro atoms. The lowest BCUT2D eigenvalue weighted by Crippen LogP contribution is -2.28. The van der Waals surface area contributed by atoms with Crippen LogP contribution in [-0.4, -0.2) is 15.0 Å². The van der Waals surface area contributed by atoms with Gasteiger partial charge in [0, 0.05) is 16.7 Å². The largest absolute Gasteiger partial charge is 0.208 e. The maximum atomic E-state index is 5.13.